The van der Waals surface area contributed by atoms with E-state index in [0.717, 1.165) is 31.8 Å². The van der Waals surface area contributed by atoms with Gasteiger partial charge in [0.1, 0.15) is 0 Å². The molecule has 0 aromatic heterocycles. The molecule has 0 saturated heterocycles. The third kappa shape index (κ3) is 6.19. The second-order valence-electron chi connectivity index (χ2n) is 4.78. The lowest BCUT2D eigenvalue weighted by atomic mass is 10.0. The molecule has 0 aromatic rings. The summed E-state index contributed by atoms with van der Waals surface area (Å²) in [4.78, 5) is 23.0. The molecule has 1 N–H and O–H groups in total. The maximum atomic E-state index is 11.9. The van der Waals surface area contributed by atoms with E-state index in [9.17, 15) is 14.7 Å². The zero-order chi connectivity index (χ0) is 15.6. The highest BCUT2D eigenvalue weighted by Crippen LogP contribution is 2.18. The van der Waals surface area contributed by atoms with Crippen molar-refractivity contribution in [2.45, 2.75) is 58.7 Å². The number of ether oxygens (including phenoxy) is 2. The first kappa shape index (κ1) is 18.6. The van der Waals surface area contributed by atoms with Crippen LogP contribution in [0.25, 0.3) is 0 Å². The highest BCUT2D eigenvalue weighted by Gasteiger charge is 2.40. The van der Waals surface area contributed by atoms with Gasteiger partial charge in [0.2, 0.25) is 0 Å². The first-order chi connectivity index (χ1) is 9.43. The van der Waals surface area contributed by atoms with Crippen molar-refractivity contribution in [1.29, 1.82) is 0 Å². The van der Waals surface area contributed by atoms with Crippen molar-refractivity contribution < 1.29 is 24.2 Å². The van der Waals surface area contributed by atoms with Gasteiger partial charge in [-0.1, -0.05) is 46.6 Å². The highest BCUT2D eigenvalue weighted by molar-refractivity contribution is 5.86. The summed E-state index contributed by atoms with van der Waals surface area (Å²) in [5, 5.41) is 9.99. The number of carbonyl (C=O) groups excluding carboxylic acids is 2. The van der Waals surface area contributed by atoms with Crippen molar-refractivity contribution in [2.75, 3.05) is 6.61 Å². The molecule has 0 saturated carbocycles. The van der Waals surface area contributed by atoms with Crippen LogP contribution >= 0.6 is 0 Å². The van der Waals surface area contributed by atoms with E-state index in [1.807, 2.05) is 6.92 Å². The summed E-state index contributed by atoms with van der Waals surface area (Å²) >= 11 is 0. The molecule has 0 heterocycles. The minimum absolute atomic E-state index is 0.0723. The van der Waals surface area contributed by atoms with Crippen molar-refractivity contribution in [3.63, 3.8) is 0 Å². The topological polar surface area (TPSA) is 72.8 Å². The maximum Gasteiger partial charge on any atom is 0.379 e. The Kier molecular flexibility index (Phi) is 8.88. The number of aliphatic hydroxyl groups is 1. The zero-order valence-electron chi connectivity index (χ0n) is 12.7. The van der Waals surface area contributed by atoms with Crippen LogP contribution in [-0.4, -0.2) is 29.4 Å². The van der Waals surface area contributed by atoms with Crippen LogP contribution in [0, 0.1) is 5.92 Å². The van der Waals surface area contributed by atoms with Gasteiger partial charge in [-0.15, -0.1) is 0 Å². The van der Waals surface area contributed by atoms with Crippen LogP contribution < -0.4 is 0 Å². The van der Waals surface area contributed by atoms with Gasteiger partial charge >= 0.3 is 17.7 Å². The summed E-state index contributed by atoms with van der Waals surface area (Å²) in [6, 6.07) is 0. The van der Waals surface area contributed by atoms with E-state index in [2.05, 4.69) is 18.2 Å². The Morgan fingerprint density at radius 3 is 2.45 bits per heavy atom. The van der Waals surface area contributed by atoms with Crippen LogP contribution in [0.5, 0.6) is 0 Å². The van der Waals surface area contributed by atoms with Crippen LogP contribution in [0.1, 0.15) is 52.9 Å². The molecule has 2 unspecified atom stereocenters. The predicted molar refractivity (Wildman–Crippen MR) is 75.8 cm³/mol. The lowest BCUT2D eigenvalue weighted by molar-refractivity contribution is -0.226. The number of rotatable bonds is 10. The first-order valence-corrected chi connectivity index (χ1v) is 7.18. The summed E-state index contributed by atoms with van der Waals surface area (Å²) in [7, 11) is 0. The fourth-order valence-electron chi connectivity index (χ4n) is 1.67. The number of hydrogen-bond acceptors (Lipinski definition) is 5. The third-order valence-electron chi connectivity index (χ3n) is 3.23. The molecule has 20 heavy (non-hydrogen) atoms. The standard InChI is InChI=1S/C15H26O5/c1-5-9-10-12(6-2)11-19-14(17)15(18,8-4)20-13(16)7-3/h7,12,18H,3,5-6,8-11H2,1-2,4H3. The largest absolute Gasteiger partial charge is 0.461 e. The molecular formula is C15H26O5. The monoisotopic (exact) mass is 286 g/mol. The Hall–Kier alpha value is -1.36. The Morgan fingerprint density at radius 1 is 1.35 bits per heavy atom. The predicted octanol–water partition coefficient (Wildman–Crippen LogP) is 2.57. The van der Waals surface area contributed by atoms with Crippen LogP contribution in [-0.2, 0) is 19.1 Å². The lowest BCUT2D eigenvalue weighted by Gasteiger charge is -2.25. The molecule has 0 spiro atoms. The molecule has 0 rings (SSSR count). The quantitative estimate of drug-likeness (QED) is 0.379. The summed E-state index contributed by atoms with van der Waals surface area (Å²) in [6.07, 6.45) is 4.84. The number of carbonyl (C=O) groups is 2. The normalized spacial score (nSPS) is 15.0. The highest BCUT2D eigenvalue weighted by atomic mass is 16.7. The van der Waals surface area contributed by atoms with Crippen molar-refractivity contribution in [1.82, 2.24) is 0 Å². The Morgan fingerprint density at radius 2 is 2.00 bits per heavy atom. The molecular weight excluding hydrogens is 260 g/mol. The molecule has 0 aromatic carbocycles. The lowest BCUT2D eigenvalue weighted by Crippen LogP contribution is -2.44. The summed E-state index contributed by atoms with van der Waals surface area (Å²) in [6.45, 7) is 9.11. The minimum Gasteiger partial charge on any atom is -0.461 e. The van der Waals surface area contributed by atoms with Gasteiger partial charge in [0.25, 0.3) is 0 Å². The molecule has 0 amide bonds. The van der Waals surface area contributed by atoms with E-state index in [1.165, 1.54) is 6.92 Å². The van der Waals surface area contributed by atoms with E-state index < -0.39 is 17.7 Å². The van der Waals surface area contributed by atoms with Crippen LogP contribution in [0.3, 0.4) is 0 Å². The van der Waals surface area contributed by atoms with Gasteiger partial charge in [-0.3, -0.25) is 0 Å². The molecule has 0 aliphatic carbocycles. The molecule has 0 radical (unpaired) electrons. The molecule has 0 aliphatic rings. The van der Waals surface area contributed by atoms with Crippen molar-refractivity contribution >= 4 is 11.9 Å². The molecule has 0 fully saturated rings. The Balaban J connectivity index is 4.46. The SMILES string of the molecule is C=CC(=O)OC(O)(CC)C(=O)OCC(CC)CCCC. The molecule has 0 aliphatic heterocycles. The smallest absolute Gasteiger partial charge is 0.379 e. The summed E-state index contributed by atoms with van der Waals surface area (Å²) in [5.74, 6) is -3.75. The van der Waals surface area contributed by atoms with Gasteiger partial charge in [-0.2, -0.15) is 0 Å². The van der Waals surface area contributed by atoms with Crippen LogP contribution in [0.2, 0.25) is 0 Å². The second-order valence-corrected chi connectivity index (χ2v) is 4.78. The molecule has 5 heteroatoms. The van der Waals surface area contributed by atoms with E-state index in [1.54, 1.807) is 0 Å². The van der Waals surface area contributed by atoms with Gasteiger partial charge < -0.3 is 14.6 Å². The molecule has 0 bridgehead atoms. The fraction of sp³-hybridized carbons (Fsp3) is 0.733. The van der Waals surface area contributed by atoms with E-state index in [4.69, 9.17) is 4.74 Å². The van der Waals surface area contributed by atoms with Crippen molar-refractivity contribution in [2.24, 2.45) is 5.92 Å². The number of hydrogen-bond donors (Lipinski definition) is 1. The second kappa shape index (κ2) is 9.53. The summed E-state index contributed by atoms with van der Waals surface area (Å²) in [5.41, 5.74) is 0. The van der Waals surface area contributed by atoms with Crippen LogP contribution in [0.4, 0.5) is 0 Å². The Bertz CT molecular complexity index is 326. The van der Waals surface area contributed by atoms with Crippen molar-refractivity contribution in [3.8, 4) is 0 Å². The van der Waals surface area contributed by atoms with Gasteiger partial charge in [0.05, 0.1) is 6.61 Å². The summed E-state index contributed by atoms with van der Waals surface area (Å²) < 4.78 is 9.76. The molecule has 5 nitrogen and oxygen atoms in total. The van der Waals surface area contributed by atoms with E-state index in [-0.39, 0.29) is 18.9 Å². The minimum atomic E-state index is -2.23. The zero-order valence-corrected chi connectivity index (χ0v) is 12.7. The number of esters is 2. The van der Waals surface area contributed by atoms with E-state index in [0.29, 0.717) is 0 Å². The van der Waals surface area contributed by atoms with Crippen molar-refractivity contribution in [3.05, 3.63) is 12.7 Å². The molecule has 2 atom stereocenters. The Labute approximate surface area is 121 Å². The first-order valence-electron chi connectivity index (χ1n) is 7.18. The average Bonchev–Trinajstić information content (AvgIpc) is 2.46. The van der Waals surface area contributed by atoms with Gasteiger partial charge in [0.15, 0.2) is 0 Å². The van der Waals surface area contributed by atoms with Crippen LogP contribution in [0.15, 0.2) is 12.7 Å². The van der Waals surface area contributed by atoms with Gasteiger partial charge in [-0.05, 0) is 12.3 Å². The third-order valence-corrected chi connectivity index (χ3v) is 3.23. The van der Waals surface area contributed by atoms with E-state index >= 15 is 0 Å². The maximum absolute atomic E-state index is 11.9. The van der Waals surface area contributed by atoms with Gasteiger partial charge in [-0.25, -0.2) is 9.59 Å². The molecule has 116 valence electrons. The fourth-order valence-corrected chi connectivity index (χ4v) is 1.67. The van der Waals surface area contributed by atoms with Gasteiger partial charge in [0, 0.05) is 12.5 Å². The average molecular weight is 286 g/mol. The number of unbranched alkanes of at least 4 members (excludes halogenated alkanes) is 1.